The summed E-state index contributed by atoms with van der Waals surface area (Å²) in [6.07, 6.45) is 0.706. The van der Waals surface area contributed by atoms with E-state index in [0.29, 0.717) is 6.42 Å². The highest BCUT2D eigenvalue weighted by Gasteiger charge is 2.32. The fourth-order valence-corrected chi connectivity index (χ4v) is 4.53. The molecule has 142 valence electrons. The molecule has 3 aromatic carbocycles. The third kappa shape index (κ3) is 2.60. The molecule has 1 aliphatic rings. The minimum Gasteiger partial charge on any atom is -0.450 e. The maximum Gasteiger partial charge on any atom is 0.256 e. The number of ether oxygens (including phenoxy) is 1. The third-order valence-corrected chi connectivity index (χ3v) is 5.98. The van der Waals surface area contributed by atoms with Gasteiger partial charge in [-0.15, -0.1) is 0 Å². The van der Waals surface area contributed by atoms with Gasteiger partial charge in [-0.25, -0.2) is 6.57 Å². The second-order valence-corrected chi connectivity index (χ2v) is 8.58. The molecule has 0 atom stereocenters. The minimum absolute atomic E-state index is 0.432. The van der Waals surface area contributed by atoms with E-state index in [9.17, 15) is 0 Å². The number of rotatable bonds is 2. The lowest BCUT2D eigenvalue weighted by Crippen LogP contribution is -2.34. The summed E-state index contributed by atoms with van der Waals surface area (Å²) in [7, 11) is 2.11. The number of pyridine rings is 1. The summed E-state index contributed by atoms with van der Waals surface area (Å²) in [5.41, 5.74) is 5.50. The molecule has 0 unspecified atom stereocenters. The molecule has 5 rings (SSSR count). The number of nitrogens with zero attached hydrogens (tertiary/aromatic N) is 2. The average molecular weight is 379 g/mol. The van der Waals surface area contributed by atoms with E-state index in [2.05, 4.69) is 65.8 Å². The van der Waals surface area contributed by atoms with Gasteiger partial charge in [0.05, 0.1) is 17.4 Å². The van der Waals surface area contributed by atoms with Crippen LogP contribution in [-0.4, -0.2) is 5.54 Å². The van der Waals surface area contributed by atoms with E-state index >= 15 is 0 Å². The second kappa shape index (κ2) is 6.06. The number of aromatic nitrogens is 1. The first kappa shape index (κ1) is 17.7. The van der Waals surface area contributed by atoms with E-state index in [4.69, 9.17) is 11.3 Å². The van der Waals surface area contributed by atoms with Crippen LogP contribution in [0.3, 0.4) is 0 Å². The van der Waals surface area contributed by atoms with Gasteiger partial charge >= 0.3 is 0 Å². The smallest absolute Gasteiger partial charge is 0.256 e. The Morgan fingerprint density at radius 3 is 2.62 bits per heavy atom. The molecule has 1 aliphatic heterocycles. The van der Waals surface area contributed by atoms with Crippen molar-refractivity contribution < 1.29 is 9.30 Å². The van der Waals surface area contributed by atoms with Crippen LogP contribution in [0.4, 0.5) is 0 Å². The van der Waals surface area contributed by atoms with Gasteiger partial charge in [0.25, 0.3) is 5.69 Å². The molecular formula is C26H23N2O+. The van der Waals surface area contributed by atoms with Crippen LogP contribution in [0.1, 0.15) is 25.0 Å². The normalized spacial score (nSPS) is 12.5. The van der Waals surface area contributed by atoms with Crippen molar-refractivity contribution >= 4 is 21.7 Å². The number of benzene rings is 3. The molecule has 0 bridgehead atoms. The summed E-state index contributed by atoms with van der Waals surface area (Å²) in [5, 5.41) is 3.52. The van der Waals surface area contributed by atoms with Crippen LogP contribution in [0.15, 0.2) is 54.6 Å². The predicted molar refractivity (Wildman–Crippen MR) is 117 cm³/mol. The SMILES string of the molecule is [C-]#[N+]C(C)(C)Cc1cccc2c1cc1c([n+]2C)-c2c(C)ccc3cccc(c23)O1. The highest BCUT2D eigenvalue weighted by molar-refractivity contribution is 6.04. The summed E-state index contributed by atoms with van der Waals surface area (Å²) in [6.45, 7) is 13.7. The van der Waals surface area contributed by atoms with Crippen LogP contribution in [-0.2, 0) is 13.5 Å². The molecule has 0 aliphatic carbocycles. The molecule has 0 saturated heterocycles. The number of hydrogen-bond acceptors (Lipinski definition) is 1. The highest BCUT2D eigenvalue weighted by Crippen LogP contribution is 2.47. The molecule has 3 nitrogen and oxygen atoms in total. The summed E-state index contributed by atoms with van der Waals surface area (Å²) in [5.74, 6) is 1.79. The van der Waals surface area contributed by atoms with Crippen LogP contribution in [0.25, 0.3) is 37.8 Å². The van der Waals surface area contributed by atoms with Gasteiger partial charge in [0.2, 0.25) is 11.1 Å². The first-order valence-corrected chi connectivity index (χ1v) is 9.93. The van der Waals surface area contributed by atoms with Crippen molar-refractivity contribution in [2.75, 3.05) is 0 Å². The highest BCUT2D eigenvalue weighted by atomic mass is 16.5. The van der Waals surface area contributed by atoms with E-state index in [0.717, 1.165) is 28.1 Å². The Hall–Kier alpha value is -3.38. The Morgan fingerprint density at radius 1 is 1.03 bits per heavy atom. The van der Waals surface area contributed by atoms with Crippen LogP contribution >= 0.6 is 0 Å². The molecule has 0 N–H and O–H groups in total. The Balaban J connectivity index is 1.85. The van der Waals surface area contributed by atoms with E-state index in [1.54, 1.807) is 0 Å². The predicted octanol–water partition coefficient (Wildman–Crippen LogP) is 6.14. The zero-order valence-electron chi connectivity index (χ0n) is 17.2. The van der Waals surface area contributed by atoms with E-state index in [1.165, 1.54) is 27.5 Å². The molecule has 0 saturated carbocycles. The molecule has 0 amide bonds. The van der Waals surface area contributed by atoms with Gasteiger partial charge in [-0.2, -0.15) is 4.57 Å². The molecular weight excluding hydrogens is 356 g/mol. The van der Waals surface area contributed by atoms with Gasteiger partial charge in [-0.3, -0.25) is 0 Å². The fourth-order valence-electron chi connectivity index (χ4n) is 4.53. The van der Waals surface area contributed by atoms with Crippen molar-refractivity contribution in [1.29, 1.82) is 0 Å². The summed E-state index contributed by atoms with van der Waals surface area (Å²) >= 11 is 0. The fraction of sp³-hybridized carbons (Fsp3) is 0.231. The first-order chi connectivity index (χ1) is 13.9. The largest absolute Gasteiger partial charge is 0.450 e. The van der Waals surface area contributed by atoms with Crippen LogP contribution in [0, 0.1) is 13.5 Å². The molecule has 2 heterocycles. The van der Waals surface area contributed by atoms with E-state index < -0.39 is 5.54 Å². The third-order valence-electron chi connectivity index (χ3n) is 5.98. The molecule has 4 aromatic rings. The Labute approximate surface area is 171 Å². The van der Waals surface area contributed by atoms with Crippen LogP contribution in [0.5, 0.6) is 11.5 Å². The van der Waals surface area contributed by atoms with Gasteiger partial charge in [-0.1, -0.05) is 36.4 Å². The van der Waals surface area contributed by atoms with Gasteiger partial charge in [0.15, 0.2) is 5.75 Å². The molecule has 0 spiro atoms. The zero-order valence-corrected chi connectivity index (χ0v) is 17.2. The zero-order chi connectivity index (χ0) is 20.3. The van der Waals surface area contributed by atoms with Crippen molar-refractivity contribution in [3.8, 4) is 22.8 Å². The molecule has 0 radical (unpaired) electrons. The Morgan fingerprint density at radius 2 is 1.83 bits per heavy atom. The lowest BCUT2D eigenvalue weighted by atomic mass is 9.91. The van der Waals surface area contributed by atoms with Gasteiger partial charge in [0.1, 0.15) is 12.8 Å². The summed E-state index contributed by atoms with van der Waals surface area (Å²) in [4.78, 5) is 3.81. The lowest BCUT2D eigenvalue weighted by Gasteiger charge is -2.22. The summed E-state index contributed by atoms with van der Waals surface area (Å²) in [6, 6.07) is 19.1. The monoisotopic (exact) mass is 379 g/mol. The first-order valence-electron chi connectivity index (χ1n) is 9.93. The topological polar surface area (TPSA) is 17.5 Å². The average Bonchev–Trinajstić information content (AvgIpc) is 2.70. The number of fused-ring (bicyclic) bond motifs is 3. The van der Waals surface area contributed by atoms with Gasteiger partial charge in [0, 0.05) is 31.4 Å². The van der Waals surface area contributed by atoms with Gasteiger partial charge in [-0.05, 0) is 29.5 Å². The standard InChI is InChI=1S/C26H23N2O/c1-16-12-13-17-8-7-11-21-24(17)23(16)25-22(29-21)14-19-18(15-26(2,3)27-4)9-6-10-20(19)28(25)5/h6-14H,15H2,1-3,5H3/q+1. The number of hydrogen-bond donors (Lipinski definition) is 0. The molecule has 29 heavy (non-hydrogen) atoms. The minimum atomic E-state index is -0.432. The lowest BCUT2D eigenvalue weighted by molar-refractivity contribution is -0.633. The number of aryl methyl sites for hydroxylation is 2. The molecule has 0 fully saturated rings. The van der Waals surface area contributed by atoms with Crippen molar-refractivity contribution in [1.82, 2.24) is 0 Å². The van der Waals surface area contributed by atoms with Crippen molar-refractivity contribution in [3.63, 3.8) is 0 Å². The van der Waals surface area contributed by atoms with Crippen LogP contribution in [0.2, 0.25) is 0 Å². The van der Waals surface area contributed by atoms with Crippen molar-refractivity contribution in [3.05, 3.63) is 77.1 Å². The maximum absolute atomic E-state index is 7.52. The maximum atomic E-state index is 7.52. The molecule has 3 heteroatoms. The summed E-state index contributed by atoms with van der Waals surface area (Å²) < 4.78 is 8.67. The van der Waals surface area contributed by atoms with E-state index in [-0.39, 0.29) is 0 Å². The van der Waals surface area contributed by atoms with Crippen molar-refractivity contribution in [2.45, 2.75) is 32.7 Å². The Bertz CT molecular complexity index is 1360. The molecule has 1 aromatic heterocycles. The second-order valence-electron chi connectivity index (χ2n) is 8.58. The van der Waals surface area contributed by atoms with Gasteiger partial charge < -0.3 is 9.58 Å². The van der Waals surface area contributed by atoms with E-state index in [1.807, 2.05) is 26.0 Å². The Kier molecular flexibility index (Phi) is 3.70. The quantitative estimate of drug-likeness (QED) is 0.266. The van der Waals surface area contributed by atoms with Crippen molar-refractivity contribution in [2.24, 2.45) is 7.05 Å². The van der Waals surface area contributed by atoms with Crippen LogP contribution < -0.4 is 9.30 Å².